The van der Waals surface area contributed by atoms with E-state index in [1.54, 1.807) is 26.4 Å². The van der Waals surface area contributed by atoms with E-state index in [2.05, 4.69) is 21.2 Å². The third-order valence-electron chi connectivity index (χ3n) is 2.60. The van der Waals surface area contributed by atoms with Crippen LogP contribution in [-0.4, -0.2) is 45.2 Å². The molecule has 0 unspecified atom stereocenters. The molecule has 0 fully saturated rings. The van der Waals surface area contributed by atoms with Crippen LogP contribution in [0.5, 0.6) is 11.5 Å². The summed E-state index contributed by atoms with van der Waals surface area (Å²) in [4.78, 5) is 11.8. The maximum Gasteiger partial charge on any atom is 0.224 e. The predicted molar refractivity (Wildman–Crippen MR) is 80.9 cm³/mol. The van der Waals surface area contributed by atoms with E-state index in [9.17, 15) is 4.79 Å². The van der Waals surface area contributed by atoms with E-state index >= 15 is 0 Å². The summed E-state index contributed by atoms with van der Waals surface area (Å²) in [6.07, 6.45) is 0.304. The third kappa shape index (κ3) is 5.79. The summed E-state index contributed by atoms with van der Waals surface area (Å²) in [5, 5.41) is 3.60. The Kier molecular flexibility index (Phi) is 8.06. The lowest BCUT2D eigenvalue weighted by Gasteiger charge is -2.10. The number of hydrogen-bond acceptors (Lipinski definition) is 4. The van der Waals surface area contributed by atoms with Crippen LogP contribution >= 0.6 is 15.9 Å². The number of alkyl halides is 1. The van der Waals surface area contributed by atoms with Crippen molar-refractivity contribution in [1.82, 2.24) is 5.32 Å². The number of hydrogen-bond donors (Lipinski definition) is 1. The minimum absolute atomic E-state index is 0.0420. The van der Waals surface area contributed by atoms with E-state index in [-0.39, 0.29) is 5.91 Å². The molecule has 1 aromatic rings. The van der Waals surface area contributed by atoms with Crippen LogP contribution in [0.1, 0.15) is 5.56 Å². The number of halogens is 1. The van der Waals surface area contributed by atoms with Crippen molar-refractivity contribution in [2.45, 2.75) is 6.42 Å². The van der Waals surface area contributed by atoms with E-state index in [0.29, 0.717) is 37.7 Å². The fraction of sp³-hybridized carbons (Fsp3) is 0.500. The molecule has 1 rings (SSSR count). The van der Waals surface area contributed by atoms with Gasteiger partial charge in [0.15, 0.2) is 11.5 Å². The molecule has 0 aliphatic heterocycles. The number of methoxy groups -OCH3 is 2. The molecule has 1 N–H and O–H groups in total. The van der Waals surface area contributed by atoms with Crippen molar-refractivity contribution in [3.63, 3.8) is 0 Å². The molecule has 0 aromatic heterocycles. The summed E-state index contributed by atoms with van der Waals surface area (Å²) in [7, 11) is 3.15. The highest BCUT2D eigenvalue weighted by atomic mass is 79.9. The van der Waals surface area contributed by atoms with Gasteiger partial charge in [-0.1, -0.05) is 22.0 Å². The maximum absolute atomic E-state index is 11.8. The summed E-state index contributed by atoms with van der Waals surface area (Å²) in [6, 6.07) is 5.45. The molecule has 0 aliphatic rings. The SMILES string of the molecule is COc1ccc(CC(=O)NCCOCCBr)cc1OC. The molecule has 0 saturated carbocycles. The minimum atomic E-state index is -0.0420. The Labute approximate surface area is 127 Å². The van der Waals surface area contributed by atoms with Crippen LogP contribution in [0.4, 0.5) is 0 Å². The van der Waals surface area contributed by atoms with Crippen LogP contribution in [0.15, 0.2) is 18.2 Å². The topological polar surface area (TPSA) is 56.8 Å². The van der Waals surface area contributed by atoms with Gasteiger partial charge >= 0.3 is 0 Å². The Morgan fingerprint density at radius 2 is 1.95 bits per heavy atom. The zero-order valence-electron chi connectivity index (χ0n) is 11.8. The van der Waals surface area contributed by atoms with Crippen molar-refractivity contribution in [3.05, 3.63) is 23.8 Å². The molecule has 0 atom stereocenters. The summed E-state index contributed by atoms with van der Waals surface area (Å²) < 4.78 is 15.6. The lowest BCUT2D eigenvalue weighted by molar-refractivity contribution is -0.120. The van der Waals surface area contributed by atoms with Crippen molar-refractivity contribution in [2.24, 2.45) is 0 Å². The standard InChI is InChI=1S/C14H20BrNO4/c1-18-12-4-3-11(9-13(12)19-2)10-14(17)16-6-8-20-7-5-15/h3-4,9H,5-8,10H2,1-2H3,(H,16,17). The molecule has 0 bridgehead atoms. The molecule has 0 aliphatic carbocycles. The first-order chi connectivity index (χ1) is 9.71. The number of carbonyl (C=O) groups excluding carboxylic acids is 1. The third-order valence-corrected chi connectivity index (χ3v) is 2.93. The zero-order valence-corrected chi connectivity index (χ0v) is 13.4. The first-order valence-electron chi connectivity index (χ1n) is 6.32. The molecule has 0 spiro atoms. The van der Waals surface area contributed by atoms with Crippen molar-refractivity contribution in [1.29, 1.82) is 0 Å². The molecule has 5 nitrogen and oxygen atoms in total. The summed E-state index contributed by atoms with van der Waals surface area (Å²) >= 11 is 3.27. The average molecular weight is 346 g/mol. The Bertz CT molecular complexity index is 426. The van der Waals surface area contributed by atoms with Gasteiger partial charge in [-0.15, -0.1) is 0 Å². The summed E-state index contributed by atoms with van der Waals surface area (Å²) in [6.45, 7) is 1.67. The van der Waals surface area contributed by atoms with Crippen molar-refractivity contribution in [2.75, 3.05) is 39.3 Å². The van der Waals surface area contributed by atoms with Crippen LogP contribution in [0, 0.1) is 0 Å². The largest absolute Gasteiger partial charge is 0.493 e. The van der Waals surface area contributed by atoms with Gasteiger partial charge in [0.05, 0.1) is 33.9 Å². The summed E-state index contributed by atoms with van der Waals surface area (Å²) in [5.74, 6) is 1.23. The molecule has 0 saturated heterocycles. The number of carbonyl (C=O) groups is 1. The van der Waals surface area contributed by atoms with Crippen LogP contribution in [0.3, 0.4) is 0 Å². The molecule has 0 heterocycles. The molecular formula is C14H20BrNO4. The Morgan fingerprint density at radius 1 is 1.20 bits per heavy atom. The zero-order chi connectivity index (χ0) is 14.8. The monoisotopic (exact) mass is 345 g/mol. The van der Waals surface area contributed by atoms with Gasteiger partial charge in [-0.25, -0.2) is 0 Å². The molecule has 20 heavy (non-hydrogen) atoms. The quantitative estimate of drug-likeness (QED) is 0.547. The number of ether oxygens (including phenoxy) is 3. The predicted octanol–water partition coefficient (Wildman–Crippen LogP) is 1.77. The minimum Gasteiger partial charge on any atom is -0.493 e. The first kappa shape index (κ1) is 16.8. The van der Waals surface area contributed by atoms with Crippen molar-refractivity contribution < 1.29 is 19.0 Å². The lowest BCUT2D eigenvalue weighted by atomic mass is 10.1. The molecular weight excluding hydrogens is 326 g/mol. The highest BCUT2D eigenvalue weighted by molar-refractivity contribution is 9.09. The fourth-order valence-electron chi connectivity index (χ4n) is 1.66. The average Bonchev–Trinajstić information content (AvgIpc) is 2.46. The van der Waals surface area contributed by atoms with Gasteiger partial charge in [0.25, 0.3) is 0 Å². The highest BCUT2D eigenvalue weighted by Gasteiger charge is 2.07. The van der Waals surface area contributed by atoms with Gasteiger partial charge in [-0.2, -0.15) is 0 Å². The number of nitrogens with one attached hydrogen (secondary N) is 1. The van der Waals surface area contributed by atoms with Gasteiger partial charge in [-0.05, 0) is 17.7 Å². The normalized spacial score (nSPS) is 10.2. The highest BCUT2D eigenvalue weighted by Crippen LogP contribution is 2.27. The maximum atomic E-state index is 11.8. The Morgan fingerprint density at radius 3 is 2.60 bits per heavy atom. The smallest absolute Gasteiger partial charge is 0.224 e. The van der Waals surface area contributed by atoms with Crippen molar-refractivity contribution >= 4 is 21.8 Å². The second-order valence-electron chi connectivity index (χ2n) is 4.02. The number of benzene rings is 1. The molecule has 1 amide bonds. The van der Waals surface area contributed by atoms with E-state index in [0.717, 1.165) is 10.9 Å². The Hall–Kier alpha value is -1.27. The van der Waals surface area contributed by atoms with Gasteiger partial charge in [0.1, 0.15) is 0 Å². The fourth-order valence-corrected chi connectivity index (χ4v) is 1.89. The summed E-state index contributed by atoms with van der Waals surface area (Å²) in [5.41, 5.74) is 0.876. The van der Waals surface area contributed by atoms with Gasteiger partial charge in [0.2, 0.25) is 5.91 Å². The van der Waals surface area contributed by atoms with E-state index in [4.69, 9.17) is 14.2 Å². The van der Waals surface area contributed by atoms with Gasteiger partial charge in [-0.3, -0.25) is 4.79 Å². The second-order valence-corrected chi connectivity index (χ2v) is 4.81. The van der Waals surface area contributed by atoms with Crippen molar-refractivity contribution in [3.8, 4) is 11.5 Å². The molecule has 6 heteroatoms. The molecule has 0 radical (unpaired) electrons. The second kappa shape index (κ2) is 9.61. The lowest BCUT2D eigenvalue weighted by Crippen LogP contribution is -2.28. The van der Waals surface area contributed by atoms with Gasteiger partial charge in [0, 0.05) is 11.9 Å². The van der Waals surface area contributed by atoms with E-state index in [1.165, 1.54) is 0 Å². The van der Waals surface area contributed by atoms with Crippen LogP contribution in [-0.2, 0) is 16.0 Å². The number of amides is 1. The molecule has 1 aromatic carbocycles. The number of rotatable bonds is 9. The molecule has 112 valence electrons. The first-order valence-corrected chi connectivity index (χ1v) is 7.44. The van der Waals surface area contributed by atoms with E-state index in [1.807, 2.05) is 6.07 Å². The van der Waals surface area contributed by atoms with Gasteiger partial charge < -0.3 is 19.5 Å². The van der Waals surface area contributed by atoms with Crippen LogP contribution in [0.2, 0.25) is 0 Å². The van der Waals surface area contributed by atoms with E-state index < -0.39 is 0 Å². The Balaban J connectivity index is 2.41. The van der Waals surface area contributed by atoms with Crippen LogP contribution < -0.4 is 14.8 Å². The van der Waals surface area contributed by atoms with Crippen LogP contribution in [0.25, 0.3) is 0 Å².